The van der Waals surface area contributed by atoms with Crippen molar-refractivity contribution in [3.63, 3.8) is 0 Å². The van der Waals surface area contributed by atoms with Crippen LogP contribution in [0.3, 0.4) is 0 Å². The molecule has 5 heteroatoms. The van der Waals surface area contributed by atoms with Crippen LogP contribution in [0.25, 0.3) is 10.9 Å². The SMILES string of the molecule is Cc1nc(N)c2cc(C)c(OCCN)cc2n1. The van der Waals surface area contributed by atoms with Gasteiger partial charge in [-0.05, 0) is 25.5 Å². The first-order chi connectivity index (χ1) is 8.11. The highest BCUT2D eigenvalue weighted by atomic mass is 16.5. The number of nitrogens with two attached hydrogens (primary N) is 2. The Balaban J connectivity index is 2.55. The van der Waals surface area contributed by atoms with Gasteiger partial charge in [-0.15, -0.1) is 0 Å². The number of hydrogen-bond acceptors (Lipinski definition) is 5. The second-order valence-corrected chi connectivity index (χ2v) is 3.93. The standard InChI is InChI=1S/C12H16N4O/c1-7-5-9-10(6-11(7)17-4-3-13)15-8(2)16-12(9)14/h5-6H,3-4,13H2,1-2H3,(H2,14,15,16). The van der Waals surface area contributed by atoms with Gasteiger partial charge >= 0.3 is 0 Å². The van der Waals surface area contributed by atoms with Crippen molar-refractivity contribution >= 4 is 16.7 Å². The number of rotatable bonds is 3. The van der Waals surface area contributed by atoms with Gasteiger partial charge in [-0.1, -0.05) is 0 Å². The molecule has 0 radical (unpaired) electrons. The van der Waals surface area contributed by atoms with Crippen molar-refractivity contribution in [1.82, 2.24) is 9.97 Å². The van der Waals surface area contributed by atoms with Gasteiger partial charge < -0.3 is 16.2 Å². The van der Waals surface area contributed by atoms with E-state index >= 15 is 0 Å². The minimum Gasteiger partial charge on any atom is -0.492 e. The molecule has 5 nitrogen and oxygen atoms in total. The third kappa shape index (κ3) is 2.29. The number of fused-ring (bicyclic) bond motifs is 1. The number of nitrogen functional groups attached to an aromatic ring is 1. The molecule has 17 heavy (non-hydrogen) atoms. The molecular formula is C12H16N4O. The zero-order chi connectivity index (χ0) is 12.4. The van der Waals surface area contributed by atoms with Crippen molar-refractivity contribution in [3.8, 4) is 5.75 Å². The van der Waals surface area contributed by atoms with Crippen molar-refractivity contribution in [2.24, 2.45) is 5.73 Å². The van der Waals surface area contributed by atoms with Crippen LogP contribution in [0.5, 0.6) is 5.75 Å². The summed E-state index contributed by atoms with van der Waals surface area (Å²) in [6.45, 7) is 4.76. The van der Waals surface area contributed by atoms with Crippen LogP contribution >= 0.6 is 0 Å². The highest BCUT2D eigenvalue weighted by Gasteiger charge is 2.07. The topological polar surface area (TPSA) is 87.0 Å². The van der Waals surface area contributed by atoms with Crippen LogP contribution in [0.2, 0.25) is 0 Å². The summed E-state index contributed by atoms with van der Waals surface area (Å²) in [4.78, 5) is 8.48. The predicted molar refractivity (Wildman–Crippen MR) is 68.0 cm³/mol. The van der Waals surface area contributed by atoms with Crippen molar-refractivity contribution in [2.45, 2.75) is 13.8 Å². The summed E-state index contributed by atoms with van der Waals surface area (Å²) in [6, 6.07) is 3.82. The minimum absolute atomic E-state index is 0.489. The van der Waals surface area contributed by atoms with E-state index < -0.39 is 0 Å². The van der Waals surface area contributed by atoms with Crippen molar-refractivity contribution in [1.29, 1.82) is 0 Å². The third-order valence-electron chi connectivity index (χ3n) is 2.51. The largest absolute Gasteiger partial charge is 0.492 e. The highest BCUT2D eigenvalue weighted by Crippen LogP contribution is 2.26. The molecule has 4 N–H and O–H groups in total. The van der Waals surface area contributed by atoms with Gasteiger partial charge in [0.2, 0.25) is 0 Å². The monoisotopic (exact) mass is 232 g/mol. The molecule has 0 aliphatic carbocycles. The molecule has 0 fully saturated rings. The summed E-state index contributed by atoms with van der Waals surface area (Å²) in [5, 5.41) is 0.855. The lowest BCUT2D eigenvalue weighted by Crippen LogP contribution is -2.11. The Bertz CT molecular complexity index is 554. The zero-order valence-electron chi connectivity index (χ0n) is 10.0. The van der Waals surface area contributed by atoms with Crippen LogP contribution in [0.1, 0.15) is 11.4 Å². The highest BCUT2D eigenvalue weighted by molar-refractivity contribution is 5.89. The third-order valence-corrected chi connectivity index (χ3v) is 2.51. The first-order valence-electron chi connectivity index (χ1n) is 5.49. The van der Waals surface area contributed by atoms with E-state index in [1.54, 1.807) is 0 Å². The molecular weight excluding hydrogens is 216 g/mol. The number of aromatic nitrogens is 2. The van der Waals surface area contributed by atoms with Crippen molar-refractivity contribution < 1.29 is 4.74 Å². The lowest BCUT2D eigenvalue weighted by atomic mass is 10.1. The Morgan fingerprint density at radius 3 is 2.71 bits per heavy atom. The van der Waals surface area contributed by atoms with Crippen LogP contribution in [0.4, 0.5) is 5.82 Å². The van der Waals surface area contributed by atoms with Gasteiger partial charge in [0.15, 0.2) is 0 Å². The van der Waals surface area contributed by atoms with E-state index in [4.69, 9.17) is 16.2 Å². The van der Waals surface area contributed by atoms with Gasteiger partial charge in [0, 0.05) is 18.0 Å². The van der Waals surface area contributed by atoms with Crippen LogP contribution in [0.15, 0.2) is 12.1 Å². The lowest BCUT2D eigenvalue weighted by Gasteiger charge is -2.10. The number of anilines is 1. The number of ether oxygens (including phenoxy) is 1. The normalized spacial score (nSPS) is 10.8. The number of nitrogens with zero attached hydrogens (tertiary/aromatic N) is 2. The Kier molecular flexibility index (Phi) is 3.10. The fraction of sp³-hybridized carbons (Fsp3) is 0.333. The van der Waals surface area contributed by atoms with Gasteiger partial charge in [0.05, 0.1) is 5.52 Å². The molecule has 0 unspecified atom stereocenters. The maximum atomic E-state index is 5.86. The van der Waals surface area contributed by atoms with E-state index in [-0.39, 0.29) is 0 Å². The van der Waals surface area contributed by atoms with Gasteiger partial charge in [-0.2, -0.15) is 0 Å². The average molecular weight is 232 g/mol. The Morgan fingerprint density at radius 1 is 1.24 bits per heavy atom. The van der Waals surface area contributed by atoms with E-state index in [0.29, 0.717) is 24.8 Å². The molecule has 0 spiro atoms. The summed E-state index contributed by atoms with van der Waals surface area (Å²) in [6.07, 6.45) is 0. The van der Waals surface area contributed by atoms with Gasteiger partial charge in [-0.3, -0.25) is 0 Å². The lowest BCUT2D eigenvalue weighted by molar-refractivity contribution is 0.326. The molecule has 0 bridgehead atoms. The number of hydrogen-bond donors (Lipinski definition) is 2. The molecule has 0 aliphatic heterocycles. The van der Waals surface area contributed by atoms with E-state index in [9.17, 15) is 0 Å². The molecule has 90 valence electrons. The summed E-state index contributed by atoms with van der Waals surface area (Å²) >= 11 is 0. The van der Waals surface area contributed by atoms with E-state index in [1.807, 2.05) is 26.0 Å². The molecule has 1 aromatic heterocycles. The molecule has 2 rings (SSSR count). The van der Waals surface area contributed by atoms with Crippen molar-refractivity contribution in [3.05, 3.63) is 23.5 Å². The van der Waals surface area contributed by atoms with Crippen molar-refractivity contribution in [2.75, 3.05) is 18.9 Å². The van der Waals surface area contributed by atoms with Crippen LogP contribution in [-0.4, -0.2) is 23.1 Å². The van der Waals surface area contributed by atoms with E-state index in [1.165, 1.54) is 0 Å². The summed E-state index contributed by atoms with van der Waals surface area (Å²) < 4.78 is 5.55. The Labute approximate surface area is 99.8 Å². The maximum absolute atomic E-state index is 5.86. The molecule has 0 atom stereocenters. The molecule has 0 aliphatic rings. The first-order valence-corrected chi connectivity index (χ1v) is 5.49. The summed E-state index contributed by atoms with van der Waals surface area (Å²) in [7, 11) is 0. The fourth-order valence-electron chi connectivity index (χ4n) is 1.73. The maximum Gasteiger partial charge on any atom is 0.135 e. The molecule has 0 amide bonds. The van der Waals surface area contributed by atoms with Crippen LogP contribution in [-0.2, 0) is 0 Å². The molecule has 1 aromatic carbocycles. The molecule has 0 saturated heterocycles. The zero-order valence-corrected chi connectivity index (χ0v) is 10.0. The second kappa shape index (κ2) is 4.55. The number of benzene rings is 1. The molecule has 0 saturated carbocycles. The Hall–Kier alpha value is -1.88. The van der Waals surface area contributed by atoms with E-state index in [0.717, 1.165) is 22.2 Å². The van der Waals surface area contributed by atoms with Crippen LogP contribution < -0.4 is 16.2 Å². The predicted octanol–water partition coefficient (Wildman–Crippen LogP) is 1.17. The minimum atomic E-state index is 0.489. The quantitative estimate of drug-likeness (QED) is 0.829. The van der Waals surface area contributed by atoms with Gasteiger partial charge in [0.25, 0.3) is 0 Å². The molecule has 1 heterocycles. The van der Waals surface area contributed by atoms with Gasteiger partial charge in [0.1, 0.15) is 24.0 Å². The summed E-state index contributed by atoms with van der Waals surface area (Å²) in [5.41, 5.74) is 13.1. The van der Waals surface area contributed by atoms with Crippen LogP contribution in [0, 0.1) is 13.8 Å². The second-order valence-electron chi connectivity index (χ2n) is 3.93. The number of aryl methyl sites for hydroxylation is 2. The smallest absolute Gasteiger partial charge is 0.135 e. The fourth-order valence-corrected chi connectivity index (χ4v) is 1.73. The molecule has 2 aromatic rings. The Morgan fingerprint density at radius 2 is 2.00 bits per heavy atom. The summed E-state index contributed by atoms with van der Waals surface area (Å²) in [5.74, 6) is 1.95. The first kappa shape index (κ1) is 11.6. The average Bonchev–Trinajstić information content (AvgIpc) is 2.27. The van der Waals surface area contributed by atoms with E-state index in [2.05, 4.69) is 9.97 Å². The van der Waals surface area contributed by atoms with Gasteiger partial charge in [-0.25, -0.2) is 9.97 Å².